The zero-order chi connectivity index (χ0) is 12.6. The van der Waals surface area contributed by atoms with Gasteiger partial charge in [-0.3, -0.25) is 0 Å². The Kier molecular flexibility index (Phi) is 3.46. The number of anilines is 1. The number of benzene rings is 1. The van der Waals surface area contributed by atoms with E-state index in [4.69, 9.17) is 23.2 Å². The quantitative estimate of drug-likeness (QED) is 0.754. The maximum atomic E-state index is 6.05. The fourth-order valence-corrected chi connectivity index (χ4v) is 4.14. The molecule has 1 unspecified atom stereocenters. The molecule has 0 saturated heterocycles. The highest BCUT2D eigenvalue weighted by Crippen LogP contribution is 2.52. The Hall–Kier alpha value is -0.400. The first-order valence-electron chi connectivity index (χ1n) is 6.91. The molecule has 1 atom stereocenters. The summed E-state index contributed by atoms with van der Waals surface area (Å²) in [5.74, 6) is 0. The van der Waals surface area contributed by atoms with Crippen molar-refractivity contribution >= 4 is 28.9 Å². The Morgan fingerprint density at radius 2 is 1.61 bits per heavy atom. The molecule has 2 saturated carbocycles. The Labute approximate surface area is 119 Å². The van der Waals surface area contributed by atoms with Crippen molar-refractivity contribution in [3.8, 4) is 0 Å². The standard InChI is InChI=1S/C15H19Cl2N/c16-11-8-12(17)10-13(9-11)18-14-4-7-15(14)5-2-1-3-6-15/h8-10,14,18H,1-7H2. The molecule has 1 N–H and O–H groups in total. The highest BCUT2D eigenvalue weighted by molar-refractivity contribution is 6.35. The summed E-state index contributed by atoms with van der Waals surface area (Å²) in [4.78, 5) is 0. The molecule has 1 nitrogen and oxygen atoms in total. The zero-order valence-corrected chi connectivity index (χ0v) is 12.0. The van der Waals surface area contributed by atoms with E-state index in [-0.39, 0.29) is 0 Å². The van der Waals surface area contributed by atoms with Crippen molar-refractivity contribution in [3.63, 3.8) is 0 Å². The molecule has 0 bridgehead atoms. The second-order valence-corrected chi connectivity index (χ2v) is 6.69. The first kappa shape index (κ1) is 12.6. The molecule has 3 heteroatoms. The van der Waals surface area contributed by atoms with Gasteiger partial charge in [-0.15, -0.1) is 0 Å². The fraction of sp³-hybridized carbons (Fsp3) is 0.600. The van der Waals surface area contributed by atoms with Gasteiger partial charge >= 0.3 is 0 Å². The van der Waals surface area contributed by atoms with Gasteiger partial charge in [0.05, 0.1) is 0 Å². The van der Waals surface area contributed by atoms with Gasteiger partial charge in [0.15, 0.2) is 0 Å². The molecule has 3 rings (SSSR count). The highest BCUT2D eigenvalue weighted by atomic mass is 35.5. The molecule has 0 heterocycles. The van der Waals surface area contributed by atoms with Gasteiger partial charge in [-0.25, -0.2) is 0 Å². The van der Waals surface area contributed by atoms with E-state index in [1.54, 1.807) is 6.07 Å². The van der Waals surface area contributed by atoms with Crippen molar-refractivity contribution < 1.29 is 0 Å². The second kappa shape index (κ2) is 4.94. The summed E-state index contributed by atoms with van der Waals surface area (Å²) in [6.07, 6.45) is 9.65. The van der Waals surface area contributed by atoms with Crippen LogP contribution < -0.4 is 5.32 Å². The number of rotatable bonds is 2. The van der Waals surface area contributed by atoms with Crippen molar-refractivity contribution in [2.75, 3.05) is 5.32 Å². The average molecular weight is 284 g/mol. The molecule has 18 heavy (non-hydrogen) atoms. The van der Waals surface area contributed by atoms with E-state index in [0.717, 1.165) is 5.69 Å². The molecular weight excluding hydrogens is 265 g/mol. The SMILES string of the molecule is Clc1cc(Cl)cc(NC2CCC23CCCCC3)c1. The maximum absolute atomic E-state index is 6.05. The number of nitrogens with one attached hydrogen (secondary N) is 1. The van der Waals surface area contributed by atoms with Crippen LogP contribution in [0.1, 0.15) is 44.9 Å². The van der Waals surface area contributed by atoms with Crippen molar-refractivity contribution in [1.29, 1.82) is 0 Å². The molecule has 1 aromatic rings. The smallest absolute Gasteiger partial charge is 0.0441 e. The minimum absolute atomic E-state index is 0.563. The number of hydrogen-bond donors (Lipinski definition) is 1. The lowest BCUT2D eigenvalue weighted by Crippen LogP contribution is -2.50. The first-order valence-corrected chi connectivity index (χ1v) is 7.66. The lowest BCUT2D eigenvalue weighted by molar-refractivity contribution is 0.0571. The first-order chi connectivity index (χ1) is 8.68. The number of hydrogen-bond acceptors (Lipinski definition) is 1. The summed E-state index contributed by atoms with van der Waals surface area (Å²) < 4.78 is 0. The third-order valence-corrected chi connectivity index (χ3v) is 5.16. The van der Waals surface area contributed by atoms with E-state index in [2.05, 4.69) is 5.32 Å². The van der Waals surface area contributed by atoms with Gasteiger partial charge in [0.1, 0.15) is 0 Å². The fourth-order valence-electron chi connectivity index (χ4n) is 3.61. The maximum Gasteiger partial charge on any atom is 0.0441 e. The van der Waals surface area contributed by atoms with E-state index in [9.17, 15) is 0 Å². The monoisotopic (exact) mass is 283 g/mol. The highest BCUT2D eigenvalue weighted by Gasteiger charge is 2.46. The van der Waals surface area contributed by atoms with Crippen LogP contribution in [-0.2, 0) is 0 Å². The third-order valence-electron chi connectivity index (χ3n) is 4.72. The summed E-state index contributed by atoms with van der Waals surface area (Å²) in [6, 6.07) is 6.35. The molecule has 0 aliphatic heterocycles. The van der Waals surface area contributed by atoms with Crippen molar-refractivity contribution in [1.82, 2.24) is 0 Å². The van der Waals surface area contributed by atoms with Crippen LogP contribution in [0.2, 0.25) is 10.0 Å². The normalized spacial score (nSPS) is 25.8. The van der Waals surface area contributed by atoms with Crippen molar-refractivity contribution in [2.45, 2.75) is 51.0 Å². The van der Waals surface area contributed by atoms with E-state index < -0.39 is 0 Å². The van der Waals surface area contributed by atoms with Crippen LogP contribution in [0.15, 0.2) is 18.2 Å². The van der Waals surface area contributed by atoms with E-state index in [0.29, 0.717) is 21.5 Å². The van der Waals surface area contributed by atoms with Crippen LogP contribution in [0.4, 0.5) is 5.69 Å². The average Bonchev–Trinajstić information content (AvgIpc) is 2.35. The summed E-state index contributed by atoms with van der Waals surface area (Å²) in [7, 11) is 0. The summed E-state index contributed by atoms with van der Waals surface area (Å²) >= 11 is 12.1. The van der Waals surface area contributed by atoms with Gasteiger partial charge in [-0.2, -0.15) is 0 Å². The molecule has 0 amide bonds. The Morgan fingerprint density at radius 1 is 0.944 bits per heavy atom. The lowest BCUT2D eigenvalue weighted by atomic mass is 9.57. The van der Waals surface area contributed by atoms with E-state index in [1.165, 1.54) is 44.9 Å². The van der Waals surface area contributed by atoms with Crippen LogP contribution in [0, 0.1) is 5.41 Å². The van der Waals surface area contributed by atoms with Gasteiger partial charge in [-0.1, -0.05) is 42.5 Å². The molecule has 0 aromatic heterocycles. The molecule has 2 fully saturated rings. The minimum atomic E-state index is 0.563. The van der Waals surface area contributed by atoms with E-state index in [1.807, 2.05) is 12.1 Å². The lowest BCUT2D eigenvalue weighted by Gasteiger charge is -2.52. The van der Waals surface area contributed by atoms with Crippen LogP contribution in [0.3, 0.4) is 0 Å². The molecule has 98 valence electrons. The largest absolute Gasteiger partial charge is 0.382 e. The third kappa shape index (κ3) is 2.35. The molecule has 2 aliphatic rings. The minimum Gasteiger partial charge on any atom is -0.382 e. The van der Waals surface area contributed by atoms with E-state index >= 15 is 0 Å². The summed E-state index contributed by atoms with van der Waals surface area (Å²) in [5.41, 5.74) is 1.63. The predicted octanol–water partition coefficient (Wildman–Crippen LogP) is 5.52. The van der Waals surface area contributed by atoms with Crippen LogP contribution >= 0.6 is 23.2 Å². The number of halogens is 2. The summed E-state index contributed by atoms with van der Waals surface area (Å²) in [6.45, 7) is 0. The van der Waals surface area contributed by atoms with Crippen molar-refractivity contribution in [3.05, 3.63) is 28.2 Å². The van der Waals surface area contributed by atoms with Crippen LogP contribution in [-0.4, -0.2) is 6.04 Å². The Bertz CT molecular complexity index is 418. The predicted molar refractivity (Wildman–Crippen MR) is 78.6 cm³/mol. The molecule has 1 aromatic carbocycles. The summed E-state index contributed by atoms with van der Waals surface area (Å²) in [5, 5.41) is 5.07. The topological polar surface area (TPSA) is 12.0 Å². The van der Waals surface area contributed by atoms with Gasteiger partial charge < -0.3 is 5.32 Å². The van der Waals surface area contributed by atoms with Crippen LogP contribution in [0.25, 0.3) is 0 Å². The van der Waals surface area contributed by atoms with Gasteiger partial charge in [0.2, 0.25) is 0 Å². The van der Waals surface area contributed by atoms with Gasteiger partial charge in [-0.05, 0) is 49.3 Å². The molecular formula is C15H19Cl2N. The second-order valence-electron chi connectivity index (χ2n) is 5.82. The molecule has 1 spiro atoms. The Balaban J connectivity index is 1.72. The van der Waals surface area contributed by atoms with Crippen molar-refractivity contribution in [2.24, 2.45) is 5.41 Å². The molecule has 2 aliphatic carbocycles. The van der Waals surface area contributed by atoms with Gasteiger partial charge in [0.25, 0.3) is 0 Å². The van der Waals surface area contributed by atoms with Crippen LogP contribution in [0.5, 0.6) is 0 Å². The Morgan fingerprint density at radius 3 is 2.17 bits per heavy atom. The van der Waals surface area contributed by atoms with Gasteiger partial charge in [0, 0.05) is 21.8 Å². The molecule has 0 radical (unpaired) electrons. The zero-order valence-electron chi connectivity index (χ0n) is 10.5.